The second-order valence-corrected chi connectivity index (χ2v) is 2.62. The van der Waals surface area contributed by atoms with E-state index in [0.717, 1.165) is 4.60 Å². The molecule has 0 saturated carbocycles. The molecule has 0 unspecified atom stereocenters. The maximum absolute atomic E-state index is 10.4. The summed E-state index contributed by atoms with van der Waals surface area (Å²) in [7, 11) is 0. The molecule has 0 radical (unpaired) electrons. The summed E-state index contributed by atoms with van der Waals surface area (Å²) in [5, 5.41) is 0. The summed E-state index contributed by atoms with van der Waals surface area (Å²) >= 11 is 3.18. The van der Waals surface area contributed by atoms with Gasteiger partial charge in [-0.1, -0.05) is 0 Å². The van der Waals surface area contributed by atoms with Gasteiger partial charge in [0.1, 0.15) is 0 Å². The Morgan fingerprint density at radius 3 is 2.80 bits per heavy atom. The van der Waals surface area contributed by atoms with E-state index in [0.29, 0.717) is 5.88 Å². The van der Waals surface area contributed by atoms with Crippen molar-refractivity contribution in [3.8, 4) is 5.88 Å². The van der Waals surface area contributed by atoms with Crippen LogP contribution in [0.4, 0.5) is 0 Å². The van der Waals surface area contributed by atoms with Gasteiger partial charge in [0, 0.05) is 13.0 Å². The minimum Gasteiger partial charge on any atom is -0.410 e. The van der Waals surface area contributed by atoms with Crippen molar-refractivity contribution in [2.75, 3.05) is 0 Å². The molecule has 0 spiro atoms. The lowest BCUT2D eigenvalue weighted by atomic mass is 10.6. The number of ether oxygens (including phenoxy) is 1. The molecule has 0 aliphatic heterocycles. The number of H-pyrrole nitrogens is 1. The van der Waals surface area contributed by atoms with E-state index in [9.17, 15) is 4.79 Å². The number of carbonyl (C=O) groups excluding carboxylic acids is 1. The van der Waals surface area contributed by atoms with Gasteiger partial charge in [-0.3, -0.25) is 4.79 Å². The first-order valence-corrected chi connectivity index (χ1v) is 3.51. The summed E-state index contributed by atoms with van der Waals surface area (Å²) in [6, 6.07) is 3.43. The van der Waals surface area contributed by atoms with Crippen molar-refractivity contribution in [3.05, 3.63) is 16.7 Å². The summed E-state index contributed by atoms with van der Waals surface area (Å²) < 4.78 is 5.51. The molecule has 0 atom stereocenters. The Kier molecular flexibility index (Phi) is 2.11. The zero-order chi connectivity index (χ0) is 7.56. The second kappa shape index (κ2) is 2.88. The largest absolute Gasteiger partial charge is 0.410 e. The highest BCUT2D eigenvalue weighted by Gasteiger charge is 1.98. The molecule has 1 N–H and O–H groups in total. The van der Waals surface area contributed by atoms with Gasteiger partial charge in [0.05, 0.1) is 4.60 Å². The Morgan fingerprint density at radius 1 is 1.70 bits per heavy atom. The molecule has 0 aliphatic rings. The van der Waals surface area contributed by atoms with Crippen LogP contribution in [0.1, 0.15) is 6.92 Å². The van der Waals surface area contributed by atoms with Crippen LogP contribution in [0, 0.1) is 0 Å². The van der Waals surface area contributed by atoms with Crippen molar-refractivity contribution < 1.29 is 9.53 Å². The van der Waals surface area contributed by atoms with Crippen molar-refractivity contribution in [1.82, 2.24) is 4.98 Å². The predicted octanol–water partition coefficient (Wildman–Crippen LogP) is 1.70. The Balaban J connectivity index is 2.67. The number of halogens is 1. The minimum atomic E-state index is -0.325. The van der Waals surface area contributed by atoms with Gasteiger partial charge < -0.3 is 9.72 Å². The fourth-order valence-corrected chi connectivity index (χ4v) is 0.892. The fourth-order valence-electron chi connectivity index (χ4n) is 0.564. The van der Waals surface area contributed by atoms with Crippen molar-refractivity contribution in [1.29, 1.82) is 0 Å². The van der Waals surface area contributed by atoms with Crippen LogP contribution in [-0.2, 0) is 4.79 Å². The molecule has 3 nitrogen and oxygen atoms in total. The van der Waals surface area contributed by atoms with Gasteiger partial charge in [-0.15, -0.1) is 0 Å². The third kappa shape index (κ3) is 1.88. The van der Waals surface area contributed by atoms with Gasteiger partial charge in [-0.05, 0) is 22.0 Å². The van der Waals surface area contributed by atoms with Crippen LogP contribution in [0.2, 0.25) is 0 Å². The fraction of sp³-hybridized carbons (Fsp3) is 0.167. The third-order valence-corrected chi connectivity index (χ3v) is 1.34. The maximum atomic E-state index is 10.4. The lowest BCUT2D eigenvalue weighted by molar-refractivity contribution is -0.132. The van der Waals surface area contributed by atoms with E-state index in [2.05, 4.69) is 20.9 Å². The highest BCUT2D eigenvalue weighted by Crippen LogP contribution is 2.14. The van der Waals surface area contributed by atoms with Gasteiger partial charge in [0.25, 0.3) is 0 Å². The summed E-state index contributed by atoms with van der Waals surface area (Å²) in [6.07, 6.45) is 0. The number of hydrogen-bond donors (Lipinski definition) is 1. The van der Waals surface area contributed by atoms with Gasteiger partial charge in [0.2, 0.25) is 5.88 Å². The van der Waals surface area contributed by atoms with Crippen LogP contribution in [0.25, 0.3) is 0 Å². The normalized spacial score (nSPS) is 9.40. The molecule has 0 aromatic carbocycles. The van der Waals surface area contributed by atoms with Crippen molar-refractivity contribution in [3.63, 3.8) is 0 Å². The van der Waals surface area contributed by atoms with E-state index in [1.807, 2.05) is 0 Å². The number of carbonyl (C=O) groups is 1. The standard InChI is InChI=1S/C6H6BrNO2/c1-4(9)10-6-3-2-5(7)8-6/h2-3,8H,1H3. The van der Waals surface area contributed by atoms with Crippen LogP contribution < -0.4 is 4.74 Å². The first-order valence-electron chi connectivity index (χ1n) is 2.71. The molecule has 54 valence electrons. The highest BCUT2D eigenvalue weighted by molar-refractivity contribution is 9.10. The molecule has 1 aromatic heterocycles. The molecule has 4 heteroatoms. The summed E-state index contributed by atoms with van der Waals surface area (Å²) in [4.78, 5) is 13.1. The molecular weight excluding hydrogens is 198 g/mol. The Bertz CT molecular complexity index is 244. The van der Waals surface area contributed by atoms with E-state index in [-0.39, 0.29) is 5.97 Å². The zero-order valence-electron chi connectivity index (χ0n) is 5.35. The number of aromatic nitrogens is 1. The number of hydrogen-bond acceptors (Lipinski definition) is 2. The molecule has 1 aromatic rings. The average Bonchev–Trinajstić information content (AvgIpc) is 2.13. The SMILES string of the molecule is CC(=O)Oc1ccc(Br)[nH]1. The zero-order valence-corrected chi connectivity index (χ0v) is 6.94. The number of esters is 1. The molecule has 0 saturated heterocycles. The van der Waals surface area contributed by atoms with E-state index in [1.165, 1.54) is 6.92 Å². The van der Waals surface area contributed by atoms with Crippen LogP contribution in [0.15, 0.2) is 16.7 Å². The van der Waals surface area contributed by atoms with Crippen LogP contribution in [0.5, 0.6) is 5.88 Å². The van der Waals surface area contributed by atoms with E-state index in [1.54, 1.807) is 12.1 Å². The lowest BCUT2D eigenvalue weighted by Crippen LogP contribution is -2.00. The van der Waals surface area contributed by atoms with Gasteiger partial charge in [-0.2, -0.15) is 0 Å². The Morgan fingerprint density at radius 2 is 2.40 bits per heavy atom. The van der Waals surface area contributed by atoms with E-state index >= 15 is 0 Å². The quantitative estimate of drug-likeness (QED) is 0.707. The Labute approximate surface area is 66.5 Å². The first kappa shape index (κ1) is 7.34. The lowest BCUT2D eigenvalue weighted by Gasteiger charge is -1.93. The minimum absolute atomic E-state index is 0.325. The van der Waals surface area contributed by atoms with Gasteiger partial charge >= 0.3 is 5.97 Å². The average molecular weight is 204 g/mol. The summed E-state index contributed by atoms with van der Waals surface area (Å²) in [5.74, 6) is 0.133. The predicted molar refractivity (Wildman–Crippen MR) is 39.8 cm³/mol. The number of nitrogens with one attached hydrogen (secondary N) is 1. The Hall–Kier alpha value is -0.770. The molecular formula is C6H6BrNO2. The van der Waals surface area contributed by atoms with Crippen LogP contribution >= 0.6 is 15.9 Å². The van der Waals surface area contributed by atoms with E-state index < -0.39 is 0 Å². The van der Waals surface area contributed by atoms with Gasteiger partial charge in [-0.25, -0.2) is 0 Å². The number of rotatable bonds is 1. The first-order chi connectivity index (χ1) is 4.68. The monoisotopic (exact) mass is 203 g/mol. The molecule has 0 fully saturated rings. The second-order valence-electron chi connectivity index (χ2n) is 1.76. The van der Waals surface area contributed by atoms with Crippen molar-refractivity contribution in [2.24, 2.45) is 0 Å². The van der Waals surface area contributed by atoms with Crippen molar-refractivity contribution in [2.45, 2.75) is 6.92 Å². The molecule has 0 bridgehead atoms. The third-order valence-electron chi connectivity index (χ3n) is 0.877. The topological polar surface area (TPSA) is 42.1 Å². The smallest absolute Gasteiger partial charge is 0.309 e. The van der Waals surface area contributed by atoms with Crippen LogP contribution in [0.3, 0.4) is 0 Å². The van der Waals surface area contributed by atoms with Crippen LogP contribution in [-0.4, -0.2) is 11.0 Å². The molecule has 10 heavy (non-hydrogen) atoms. The van der Waals surface area contributed by atoms with E-state index in [4.69, 9.17) is 4.74 Å². The maximum Gasteiger partial charge on any atom is 0.309 e. The number of aromatic amines is 1. The molecule has 0 amide bonds. The highest BCUT2D eigenvalue weighted by atomic mass is 79.9. The summed E-state index contributed by atoms with van der Waals surface area (Å²) in [6.45, 7) is 1.36. The summed E-state index contributed by atoms with van der Waals surface area (Å²) in [5.41, 5.74) is 0. The molecule has 1 rings (SSSR count). The molecule has 0 aliphatic carbocycles. The van der Waals surface area contributed by atoms with Crippen molar-refractivity contribution >= 4 is 21.9 Å². The molecule has 1 heterocycles. The van der Waals surface area contributed by atoms with Gasteiger partial charge in [0.15, 0.2) is 0 Å².